The zero-order valence-electron chi connectivity index (χ0n) is 16.9. The van der Waals surface area contributed by atoms with E-state index in [-0.39, 0.29) is 38.4 Å². The number of halogens is 2. The normalized spacial score (nSPS) is 17.8. The lowest BCUT2D eigenvalue weighted by Crippen LogP contribution is -2.29. The standard InChI is InChI=1S/C23H17Cl2NO5S/c1-11-7-8-32-22(11)18-17(19(28)12-9-13(24)21(31-2)14(25)10-12)20(29)23(30)26(18)15-5-3-4-6-16(15)27/h3-10,18,27-28H,1-2H3/b19-17-. The highest BCUT2D eigenvalue weighted by atomic mass is 35.5. The van der Waals surface area contributed by atoms with Crippen LogP contribution in [0, 0.1) is 6.92 Å². The summed E-state index contributed by atoms with van der Waals surface area (Å²) in [6.07, 6.45) is 0. The molecule has 2 aromatic carbocycles. The van der Waals surface area contributed by atoms with E-state index >= 15 is 0 Å². The van der Waals surface area contributed by atoms with Crippen LogP contribution in [-0.4, -0.2) is 29.0 Å². The third kappa shape index (κ3) is 3.52. The van der Waals surface area contributed by atoms with E-state index in [1.54, 1.807) is 12.1 Å². The highest BCUT2D eigenvalue weighted by Crippen LogP contribution is 2.47. The van der Waals surface area contributed by atoms with Crippen LogP contribution in [0.15, 0.2) is 53.4 Å². The van der Waals surface area contributed by atoms with Gasteiger partial charge < -0.3 is 14.9 Å². The number of Topliss-reactive ketones (excluding diaryl/α,β-unsaturated/α-hetero) is 1. The van der Waals surface area contributed by atoms with Crippen molar-refractivity contribution < 1.29 is 24.5 Å². The first-order valence-electron chi connectivity index (χ1n) is 9.42. The average Bonchev–Trinajstić information content (AvgIpc) is 3.28. The van der Waals surface area contributed by atoms with Gasteiger partial charge in [-0.1, -0.05) is 35.3 Å². The first-order chi connectivity index (χ1) is 15.3. The van der Waals surface area contributed by atoms with Gasteiger partial charge in [-0.3, -0.25) is 14.5 Å². The first-order valence-corrected chi connectivity index (χ1v) is 11.1. The van der Waals surface area contributed by atoms with E-state index in [0.29, 0.717) is 4.88 Å². The van der Waals surface area contributed by atoms with E-state index in [2.05, 4.69) is 0 Å². The Kier molecular flexibility index (Phi) is 5.90. The molecule has 0 spiro atoms. The molecule has 1 aliphatic rings. The Morgan fingerprint density at radius 3 is 2.34 bits per heavy atom. The van der Waals surface area contributed by atoms with Crippen LogP contribution in [-0.2, 0) is 9.59 Å². The van der Waals surface area contributed by atoms with Crippen molar-refractivity contribution in [2.45, 2.75) is 13.0 Å². The van der Waals surface area contributed by atoms with Gasteiger partial charge >= 0.3 is 0 Å². The lowest BCUT2D eigenvalue weighted by Gasteiger charge is -2.25. The number of carbonyl (C=O) groups excluding carboxylic acids is 2. The Hall–Kier alpha value is -3.00. The van der Waals surface area contributed by atoms with E-state index in [1.165, 1.54) is 47.6 Å². The quantitative estimate of drug-likeness (QED) is 0.278. The predicted octanol–water partition coefficient (Wildman–Crippen LogP) is 5.70. The molecule has 6 nitrogen and oxygen atoms in total. The van der Waals surface area contributed by atoms with Crippen molar-refractivity contribution in [1.29, 1.82) is 0 Å². The van der Waals surface area contributed by atoms with E-state index < -0.39 is 23.5 Å². The maximum atomic E-state index is 13.1. The zero-order valence-corrected chi connectivity index (χ0v) is 19.3. The molecule has 3 aromatic rings. The van der Waals surface area contributed by atoms with Gasteiger partial charge in [-0.05, 0) is 48.2 Å². The predicted molar refractivity (Wildman–Crippen MR) is 125 cm³/mol. The number of anilines is 1. The second kappa shape index (κ2) is 8.50. The van der Waals surface area contributed by atoms with Gasteiger partial charge in [-0.15, -0.1) is 11.3 Å². The smallest absolute Gasteiger partial charge is 0.300 e. The molecule has 4 rings (SSSR count). The molecule has 0 radical (unpaired) electrons. The zero-order chi connectivity index (χ0) is 23.2. The minimum atomic E-state index is -0.942. The first kappa shape index (κ1) is 22.2. The highest BCUT2D eigenvalue weighted by molar-refractivity contribution is 7.10. The van der Waals surface area contributed by atoms with Crippen LogP contribution in [0.5, 0.6) is 11.5 Å². The maximum absolute atomic E-state index is 13.1. The monoisotopic (exact) mass is 489 g/mol. The largest absolute Gasteiger partial charge is 0.507 e. The topological polar surface area (TPSA) is 87.1 Å². The second-order valence-electron chi connectivity index (χ2n) is 7.10. The van der Waals surface area contributed by atoms with Crippen LogP contribution in [0.3, 0.4) is 0 Å². The van der Waals surface area contributed by atoms with Crippen LogP contribution in [0.4, 0.5) is 5.69 Å². The number of ether oxygens (including phenoxy) is 1. The van der Waals surface area contributed by atoms with E-state index in [1.807, 2.05) is 18.4 Å². The van der Waals surface area contributed by atoms with Crippen LogP contribution >= 0.6 is 34.5 Å². The summed E-state index contributed by atoms with van der Waals surface area (Å²) in [5.41, 5.74) is 1.03. The Bertz CT molecular complexity index is 1260. The molecule has 2 heterocycles. The summed E-state index contributed by atoms with van der Waals surface area (Å²) >= 11 is 13.8. The number of hydrogen-bond donors (Lipinski definition) is 2. The lowest BCUT2D eigenvalue weighted by atomic mass is 9.98. The summed E-state index contributed by atoms with van der Waals surface area (Å²) in [5, 5.41) is 23.7. The fourth-order valence-corrected chi connectivity index (χ4v) is 5.37. The summed E-state index contributed by atoms with van der Waals surface area (Å²) < 4.78 is 5.14. The Morgan fingerprint density at radius 1 is 1.12 bits per heavy atom. The number of aliphatic hydroxyl groups excluding tert-OH is 1. The highest BCUT2D eigenvalue weighted by Gasteiger charge is 2.48. The number of methoxy groups -OCH3 is 1. The molecule has 1 aliphatic heterocycles. The third-order valence-corrected chi connectivity index (χ3v) is 6.84. The molecule has 1 aromatic heterocycles. The summed E-state index contributed by atoms with van der Waals surface area (Å²) in [6.45, 7) is 1.85. The fourth-order valence-electron chi connectivity index (χ4n) is 3.71. The van der Waals surface area contributed by atoms with Crippen LogP contribution in [0.2, 0.25) is 10.0 Å². The summed E-state index contributed by atoms with van der Waals surface area (Å²) in [6, 6.07) is 9.96. The van der Waals surface area contributed by atoms with E-state index in [4.69, 9.17) is 27.9 Å². The van der Waals surface area contributed by atoms with Gasteiger partial charge in [-0.2, -0.15) is 0 Å². The van der Waals surface area contributed by atoms with Crippen molar-refractivity contribution in [3.8, 4) is 11.5 Å². The van der Waals surface area contributed by atoms with Gasteiger partial charge in [-0.25, -0.2) is 0 Å². The average molecular weight is 490 g/mol. The number of ketones is 1. The molecule has 9 heteroatoms. The minimum absolute atomic E-state index is 0.124. The molecule has 0 bridgehead atoms. The number of phenolic OH excluding ortho intramolecular Hbond substituents is 1. The van der Waals surface area contributed by atoms with Crippen molar-refractivity contribution in [1.82, 2.24) is 0 Å². The third-order valence-electron chi connectivity index (χ3n) is 5.21. The molecule has 1 unspecified atom stereocenters. The molecule has 1 fully saturated rings. The van der Waals surface area contributed by atoms with Gasteiger partial charge in [0.05, 0.1) is 28.4 Å². The van der Waals surface area contributed by atoms with Crippen LogP contribution in [0.1, 0.15) is 22.0 Å². The number of aryl methyl sites for hydroxylation is 1. The van der Waals surface area contributed by atoms with Gasteiger partial charge in [0, 0.05) is 10.4 Å². The number of nitrogens with zero attached hydrogens (tertiary/aromatic N) is 1. The Labute approximate surface area is 197 Å². The van der Waals surface area contributed by atoms with E-state index in [9.17, 15) is 19.8 Å². The number of hydrogen-bond acceptors (Lipinski definition) is 6. The number of thiophene rings is 1. The number of carbonyl (C=O) groups is 2. The molecule has 32 heavy (non-hydrogen) atoms. The molecule has 1 amide bonds. The molecule has 0 aliphatic carbocycles. The molecule has 1 saturated heterocycles. The van der Waals surface area contributed by atoms with Crippen LogP contribution in [0.25, 0.3) is 5.76 Å². The number of aliphatic hydroxyl groups is 1. The maximum Gasteiger partial charge on any atom is 0.300 e. The molecular weight excluding hydrogens is 473 g/mol. The van der Waals surface area contributed by atoms with E-state index in [0.717, 1.165) is 5.56 Å². The van der Waals surface area contributed by atoms with Crippen molar-refractivity contribution in [2.75, 3.05) is 12.0 Å². The van der Waals surface area contributed by atoms with Gasteiger partial charge in [0.25, 0.3) is 11.7 Å². The Balaban J connectivity index is 1.98. The molecule has 2 N–H and O–H groups in total. The lowest BCUT2D eigenvalue weighted by molar-refractivity contribution is -0.132. The number of rotatable bonds is 4. The SMILES string of the molecule is COc1c(Cl)cc(/C(O)=C2/C(=O)C(=O)N(c3ccccc3O)C2c2sccc2C)cc1Cl. The van der Waals surface area contributed by atoms with Crippen molar-refractivity contribution in [2.24, 2.45) is 0 Å². The van der Waals surface area contributed by atoms with Gasteiger partial charge in [0.15, 0.2) is 5.75 Å². The number of amides is 1. The van der Waals surface area contributed by atoms with Crippen molar-refractivity contribution in [3.63, 3.8) is 0 Å². The molecular formula is C23H17Cl2NO5S. The minimum Gasteiger partial charge on any atom is -0.507 e. The summed E-state index contributed by atoms with van der Waals surface area (Å²) in [4.78, 5) is 28.1. The second-order valence-corrected chi connectivity index (χ2v) is 8.86. The summed E-state index contributed by atoms with van der Waals surface area (Å²) in [5.74, 6) is -2.11. The van der Waals surface area contributed by atoms with Crippen molar-refractivity contribution >= 4 is 57.7 Å². The molecule has 1 atom stereocenters. The van der Waals surface area contributed by atoms with Crippen LogP contribution < -0.4 is 9.64 Å². The Morgan fingerprint density at radius 2 is 1.78 bits per heavy atom. The summed E-state index contributed by atoms with van der Waals surface area (Å²) in [7, 11) is 1.41. The number of para-hydroxylation sites is 2. The molecule has 164 valence electrons. The number of benzene rings is 2. The van der Waals surface area contributed by atoms with Gasteiger partial charge in [0.2, 0.25) is 0 Å². The molecule has 0 saturated carbocycles. The van der Waals surface area contributed by atoms with Crippen molar-refractivity contribution in [3.05, 3.63) is 79.5 Å². The van der Waals surface area contributed by atoms with Gasteiger partial charge in [0.1, 0.15) is 17.6 Å². The number of phenols is 1. The number of aromatic hydroxyl groups is 1. The fraction of sp³-hybridized carbons (Fsp3) is 0.130.